The van der Waals surface area contributed by atoms with Crippen LogP contribution in [0.5, 0.6) is 0 Å². The van der Waals surface area contributed by atoms with Gasteiger partial charge in [0.25, 0.3) is 0 Å². The second-order valence-corrected chi connectivity index (χ2v) is 8.18. The van der Waals surface area contributed by atoms with Crippen molar-refractivity contribution in [2.45, 2.75) is 13.5 Å². The predicted octanol–water partition coefficient (Wildman–Crippen LogP) is 0.531. The minimum absolute atomic E-state index is 0.0489. The third-order valence-electron chi connectivity index (χ3n) is 4.04. The highest BCUT2D eigenvalue weighted by atomic mass is 32.2. The van der Waals surface area contributed by atoms with Crippen molar-refractivity contribution >= 4 is 15.9 Å². The summed E-state index contributed by atoms with van der Waals surface area (Å²) in [6, 6.07) is 8.27. The SMILES string of the molecule is Cc1ccc(CN(C)CC(=O)N2CCN(S(C)(=O)=O)CC2)cc1. The standard InChI is InChI=1S/C16H25N3O3S/c1-14-4-6-15(7-5-14)12-17(2)13-16(20)18-8-10-19(11-9-18)23(3,21)22/h4-7H,8-13H2,1-3H3. The van der Waals surface area contributed by atoms with Gasteiger partial charge >= 0.3 is 0 Å². The molecular formula is C16H25N3O3S. The molecule has 0 aromatic heterocycles. The molecule has 1 amide bonds. The summed E-state index contributed by atoms with van der Waals surface area (Å²) < 4.78 is 24.4. The maximum Gasteiger partial charge on any atom is 0.236 e. The molecule has 6 nitrogen and oxygen atoms in total. The summed E-state index contributed by atoms with van der Waals surface area (Å²) in [4.78, 5) is 16.1. The van der Waals surface area contributed by atoms with Crippen molar-refractivity contribution in [3.05, 3.63) is 35.4 Å². The zero-order valence-electron chi connectivity index (χ0n) is 14.0. The van der Waals surface area contributed by atoms with E-state index in [0.29, 0.717) is 32.7 Å². The van der Waals surface area contributed by atoms with Gasteiger partial charge in [0.15, 0.2) is 0 Å². The Morgan fingerprint density at radius 2 is 1.70 bits per heavy atom. The molecule has 0 saturated carbocycles. The number of hydrogen-bond donors (Lipinski definition) is 0. The number of hydrogen-bond acceptors (Lipinski definition) is 4. The molecule has 0 bridgehead atoms. The van der Waals surface area contributed by atoms with Gasteiger partial charge in [0.1, 0.15) is 0 Å². The summed E-state index contributed by atoms with van der Waals surface area (Å²) in [6.45, 7) is 4.79. The van der Waals surface area contributed by atoms with Crippen molar-refractivity contribution in [1.29, 1.82) is 0 Å². The average molecular weight is 339 g/mol. The Kier molecular flexibility index (Phi) is 5.78. The van der Waals surface area contributed by atoms with Gasteiger partial charge in [0, 0.05) is 32.7 Å². The summed E-state index contributed by atoms with van der Waals surface area (Å²) in [5.41, 5.74) is 2.39. The first-order valence-electron chi connectivity index (χ1n) is 7.72. The van der Waals surface area contributed by atoms with Crippen LogP contribution >= 0.6 is 0 Å². The molecule has 7 heteroatoms. The van der Waals surface area contributed by atoms with Gasteiger partial charge in [0.05, 0.1) is 12.8 Å². The molecule has 1 aromatic rings. The van der Waals surface area contributed by atoms with Crippen LogP contribution in [0.2, 0.25) is 0 Å². The maximum absolute atomic E-state index is 12.3. The summed E-state index contributed by atoms with van der Waals surface area (Å²) in [7, 11) is -1.24. The zero-order valence-corrected chi connectivity index (χ0v) is 14.8. The fourth-order valence-corrected chi connectivity index (χ4v) is 3.49. The second kappa shape index (κ2) is 7.42. The number of aryl methyl sites for hydroxylation is 1. The van der Waals surface area contributed by atoms with Gasteiger partial charge in [-0.2, -0.15) is 4.31 Å². The largest absolute Gasteiger partial charge is 0.339 e. The normalized spacial score (nSPS) is 16.8. The highest BCUT2D eigenvalue weighted by molar-refractivity contribution is 7.88. The van der Waals surface area contributed by atoms with Crippen LogP contribution in [0.1, 0.15) is 11.1 Å². The van der Waals surface area contributed by atoms with Crippen LogP contribution < -0.4 is 0 Å². The topological polar surface area (TPSA) is 60.9 Å². The number of likely N-dealkylation sites (N-methyl/N-ethyl adjacent to an activating group) is 1. The van der Waals surface area contributed by atoms with Gasteiger partial charge in [-0.3, -0.25) is 9.69 Å². The van der Waals surface area contributed by atoms with Gasteiger partial charge in [0.2, 0.25) is 15.9 Å². The fraction of sp³-hybridized carbons (Fsp3) is 0.562. The van der Waals surface area contributed by atoms with E-state index in [1.807, 2.05) is 18.9 Å². The van der Waals surface area contributed by atoms with E-state index in [4.69, 9.17) is 0 Å². The summed E-state index contributed by atoms with van der Waals surface area (Å²) in [6.07, 6.45) is 1.21. The molecule has 1 aromatic carbocycles. The maximum atomic E-state index is 12.3. The van der Waals surface area contributed by atoms with Crippen LogP contribution in [0.15, 0.2) is 24.3 Å². The van der Waals surface area contributed by atoms with Gasteiger partial charge in [-0.25, -0.2) is 8.42 Å². The molecule has 0 aliphatic carbocycles. The Labute approximate surface area is 138 Å². The Hall–Kier alpha value is -1.44. The number of piperazine rings is 1. The quantitative estimate of drug-likeness (QED) is 0.785. The van der Waals surface area contributed by atoms with E-state index in [9.17, 15) is 13.2 Å². The van der Waals surface area contributed by atoms with Crippen LogP contribution in [0.4, 0.5) is 0 Å². The summed E-state index contributed by atoms with van der Waals surface area (Å²) in [5, 5.41) is 0. The lowest BCUT2D eigenvalue weighted by Crippen LogP contribution is -2.52. The molecule has 0 spiro atoms. The Bertz CT molecular complexity index is 635. The van der Waals surface area contributed by atoms with Crippen molar-refractivity contribution in [3.8, 4) is 0 Å². The molecule has 23 heavy (non-hydrogen) atoms. The number of rotatable bonds is 5. The number of sulfonamides is 1. The summed E-state index contributed by atoms with van der Waals surface area (Å²) in [5.74, 6) is 0.0489. The number of amides is 1. The summed E-state index contributed by atoms with van der Waals surface area (Å²) >= 11 is 0. The first kappa shape index (κ1) is 17.9. The average Bonchev–Trinajstić information content (AvgIpc) is 2.49. The lowest BCUT2D eigenvalue weighted by Gasteiger charge is -2.34. The molecule has 0 unspecified atom stereocenters. The van der Waals surface area contributed by atoms with E-state index in [-0.39, 0.29) is 5.91 Å². The van der Waals surface area contributed by atoms with Crippen LogP contribution in [-0.4, -0.2) is 74.5 Å². The number of carbonyl (C=O) groups excluding carboxylic acids is 1. The molecule has 1 fully saturated rings. The van der Waals surface area contributed by atoms with E-state index in [0.717, 1.165) is 6.54 Å². The minimum atomic E-state index is -3.16. The minimum Gasteiger partial charge on any atom is -0.339 e. The van der Waals surface area contributed by atoms with Crippen molar-refractivity contribution in [1.82, 2.24) is 14.1 Å². The van der Waals surface area contributed by atoms with Crippen LogP contribution in [0.25, 0.3) is 0 Å². The molecule has 128 valence electrons. The van der Waals surface area contributed by atoms with E-state index < -0.39 is 10.0 Å². The lowest BCUT2D eigenvalue weighted by atomic mass is 10.1. The molecule has 0 atom stereocenters. The number of benzene rings is 1. The molecule has 2 rings (SSSR count). The third kappa shape index (κ3) is 5.30. The van der Waals surface area contributed by atoms with E-state index in [2.05, 4.69) is 24.3 Å². The molecule has 0 N–H and O–H groups in total. The molecule has 1 saturated heterocycles. The smallest absolute Gasteiger partial charge is 0.236 e. The zero-order chi connectivity index (χ0) is 17.0. The van der Waals surface area contributed by atoms with Crippen molar-refractivity contribution < 1.29 is 13.2 Å². The first-order valence-corrected chi connectivity index (χ1v) is 9.57. The van der Waals surface area contributed by atoms with Gasteiger partial charge in [-0.05, 0) is 19.5 Å². The molecule has 0 radical (unpaired) electrons. The highest BCUT2D eigenvalue weighted by Crippen LogP contribution is 2.09. The molecule has 1 heterocycles. The van der Waals surface area contributed by atoms with Crippen molar-refractivity contribution in [3.63, 3.8) is 0 Å². The van der Waals surface area contributed by atoms with Crippen LogP contribution in [0, 0.1) is 6.92 Å². The number of carbonyl (C=O) groups is 1. The monoisotopic (exact) mass is 339 g/mol. The Balaban J connectivity index is 1.81. The van der Waals surface area contributed by atoms with Gasteiger partial charge < -0.3 is 4.90 Å². The van der Waals surface area contributed by atoms with Gasteiger partial charge in [-0.1, -0.05) is 29.8 Å². The third-order valence-corrected chi connectivity index (χ3v) is 5.34. The number of nitrogens with zero attached hydrogens (tertiary/aromatic N) is 3. The van der Waals surface area contributed by atoms with Crippen LogP contribution in [-0.2, 0) is 21.4 Å². The fourth-order valence-electron chi connectivity index (χ4n) is 2.66. The van der Waals surface area contributed by atoms with Crippen LogP contribution in [0.3, 0.4) is 0 Å². The molecule has 1 aliphatic rings. The predicted molar refractivity (Wildman–Crippen MR) is 90.5 cm³/mol. The van der Waals surface area contributed by atoms with Gasteiger partial charge in [-0.15, -0.1) is 0 Å². The van der Waals surface area contributed by atoms with E-state index in [1.165, 1.54) is 21.7 Å². The van der Waals surface area contributed by atoms with E-state index >= 15 is 0 Å². The second-order valence-electron chi connectivity index (χ2n) is 6.20. The van der Waals surface area contributed by atoms with Crippen molar-refractivity contribution in [2.24, 2.45) is 0 Å². The Morgan fingerprint density at radius 3 is 2.22 bits per heavy atom. The molecule has 1 aliphatic heterocycles. The molecular weight excluding hydrogens is 314 g/mol. The highest BCUT2D eigenvalue weighted by Gasteiger charge is 2.26. The van der Waals surface area contributed by atoms with E-state index in [1.54, 1.807) is 4.90 Å². The lowest BCUT2D eigenvalue weighted by molar-refractivity contribution is -0.133. The Morgan fingerprint density at radius 1 is 1.13 bits per heavy atom. The first-order chi connectivity index (χ1) is 10.8. The van der Waals surface area contributed by atoms with Crippen molar-refractivity contribution in [2.75, 3.05) is 46.0 Å².